The van der Waals surface area contributed by atoms with Crippen molar-refractivity contribution in [3.8, 4) is 5.75 Å². The summed E-state index contributed by atoms with van der Waals surface area (Å²) in [5.41, 5.74) is -0.170. The maximum atomic E-state index is 15.7. The van der Waals surface area contributed by atoms with Gasteiger partial charge in [-0.15, -0.1) is 0 Å². The molecule has 1 saturated carbocycles. The van der Waals surface area contributed by atoms with Crippen LogP contribution in [0.5, 0.6) is 5.75 Å². The minimum absolute atomic E-state index is 0.0124. The summed E-state index contributed by atoms with van der Waals surface area (Å²) >= 11 is 5.96. The Hall–Kier alpha value is -2.85. The fraction of sp³-hybridized carbons (Fsp3) is 0.517. The van der Waals surface area contributed by atoms with Gasteiger partial charge >= 0.3 is 5.97 Å². The third-order valence-corrected chi connectivity index (χ3v) is 8.30. The number of nitrogens with zero attached hydrogens (tertiary/aromatic N) is 2. The third-order valence-electron chi connectivity index (χ3n) is 8.02. The highest BCUT2D eigenvalue weighted by atomic mass is 35.5. The Bertz CT molecular complexity index is 1310. The smallest absolute Gasteiger partial charge is 0.326 e. The second kappa shape index (κ2) is 11.2. The van der Waals surface area contributed by atoms with Crippen molar-refractivity contribution < 1.29 is 37.0 Å². The summed E-state index contributed by atoms with van der Waals surface area (Å²) in [5, 5.41) is 9.43. The zero-order valence-electron chi connectivity index (χ0n) is 22.1. The van der Waals surface area contributed by atoms with E-state index >= 15 is 8.78 Å². The van der Waals surface area contributed by atoms with Gasteiger partial charge in [-0.1, -0.05) is 17.7 Å². The van der Waals surface area contributed by atoms with Crippen LogP contribution in [0, 0.1) is 18.6 Å². The number of ether oxygens (including phenoxy) is 1. The maximum absolute atomic E-state index is 15.7. The number of hydrogen-bond acceptors (Lipinski definition) is 4. The van der Waals surface area contributed by atoms with Gasteiger partial charge in [0.05, 0.1) is 17.1 Å². The standard InChI is InChI=1S/C29H31ClF4N2O4/c1-16-8-18(26(33)22(30)9-16)13-35-6-4-29(34,5-7-35)15-40-25-12-23(32)21(11-20(25)17-2-3-17)27(37)36-14-19(31)10-24(36)28(38)39/h8-9,11-12,17,19,24H,2-7,10,13-15H2,1H3,(H,38,39)/t19-,24+/m1/s1. The first-order valence-electron chi connectivity index (χ1n) is 13.4. The number of halogens is 5. The van der Waals surface area contributed by atoms with E-state index in [-0.39, 0.29) is 48.1 Å². The van der Waals surface area contributed by atoms with Crippen LogP contribution >= 0.6 is 11.6 Å². The van der Waals surface area contributed by atoms with Gasteiger partial charge in [-0.2, -0.15) is 0 Å². The van der Waals surface area contributed by atoms with Gasteiger partial charge in [0.25, 0.3) is 5.91 Å². The largest absolute Gasteiger partial charge is 0.490 e. The predicted octanol–water partition coefficient (Wildman–Crippen LogP) is 5.82. The molecule has 2 atom stereocenters. The van der Waals surface area contributed by atoms with Gasteiger partial charge in [0, 0.05) is 37.7 Å². The number of aryl methyl sites for hydroxylation is 1. The average Bonchev–Trinajstić information content (AvgIpc) is 3.67. The quantitative estimate of drug-likeness (QED) is 0.397. The van der Waals surface area contributed by atoms with E-state index in [0.717, 1.165) is 29.4 Å². The highest BCUT2D eigenvalue weighted by Gasteiger charge is 2.42. The molecule has 11 heteroatoms. The van der Waals surface area contributed by atoms with Crippen molar-refractivity contribution in [3.05, 3.63) is 63.2 Å². The van der Waals surface area contributed by atoms with Crippen LogP contribution < -0.4 is 4.74 Å². The molecule has 3 fully saturated rings. The minimum Gasteiger partial charge on any atom is -0.490 e. The Labute approximate surface area is 234 Å². The second-order valence-electron chi connectivity index (χ2n) is 11.2. The number of carboxylic acids is 1. The minimum atomic E-state index is -1.68. The van der Waals surface area contributed by atoms with E-state index in [4.69, 9.17) is 16.3 Å². The van der Waals surface area contributed by atoms with Gasteiger partial charge < -0.3 is 14.7 Å². The van der Waals surface area contributed by atoms with E-state index in [9.17, 15) is 23.5 Å². The molecule has 2 aromatic carbocycles. The number of carboxylic acid groups (broad SMARTS) is 1. The molecule has 5 rings (SSSR count). The maximum Gasteiger partial charge on any atom is 0.326 e. The lowest BCUT2D eigenvalue weighted by Gasteiger charge is -2.36. The molecular weight excluding hydrogens is 552 g/mol. The van der Waals surface area contributed by atoms with E-state index in [1.807, 2.05) is 11.8 Å². The van der Waals surface area contributed by atoms with E-state index in [1.54, 1.807) is 12.1 Å². The first kappa shape index (κ1) is 28.7. The van der Waals surface area contributed by atoms with Gasteiger partial charge in [-0.25, -0.2) is 22.4 Å². The molecule has 0 radical (unpaired) electrons. The summed E-state index contributed by atoms with van der Waals surface area (Å²) in [6.07, 6.45) is 0.0180. The van der Waals surface area contributed by atoms with Crippen molar-refractivity contribution in [1.29, 1.82) is 0 Å². The Kier molecular flexibility index (Phi) is 8.03. The van der Waals surface area contributed by atoms with Crippen LogP contribution in [-0.4, -0.2) is 70.9 Å². The number of likely N-dealkylation sites (tertiary alicyclic amines) is 2. The van der Waals surface area contributed by atoms with Crippen LogP contribution in [0.1, 0.15) is 65.1 Å². The zero-order chi connectivity index (χ0) is 28.8. The number of aliphatic carboxylic acids is 1. The molecule has 2 aliphatic heterocycles. The van der Waals surface area contributed by atoms with E-state index in [0.29, 0.717) is 30.8 Å². The first-order valence-corrected chi connectivity index (χ1v) is 13.8. The third kappa shape index (κ3) is 6.07. The molecule has 40 heavy (non-hydrogen) atoms. The van der Waals surface area contributed by atoms with Crippen LogP contribution in [0.4, 0.5) is 17.6 Å². The molecule has 1 N–H and O–H groups in total. The van der Waals surface area contributed by atoms with Crippen molar-refractivity contribution in [2.75, 3.05) is 26.2 Å². The van der Waals surface area contributed by atoms with Crippen LogP contribution in [0.3, 0.4) is 0 Å². The van der Waals surface area contributed by atoms with Crippen LogP contribution in [-0.2, 0) is 11.3 Å². The van der Waals surface area contributed by atoms with Gasteiger partial charge in [0.1, 0.15) is 41.9 Å². The summed E-state index contributed by atoms with van der Waals surface area (Å²) in [5.74, 6) is -3.48. The highest BCUT2D eigenvalue weighted by molar-refractivity contribution is 6.30. The Balaban J connectivity index is 1.25. The topological polar surface area (TPSA) is 70.1 Å². The molecule has 1 aliphatic carbocycles. The number of hydrogen-bond donors (Lipinski definition) is 1. The number of piperidine rings is 1. The van der Waals surface area contributed by atoms with Crippen LogP contribution in [0.2, 0.25) is 5.02 Å². The lowest BCUT2D eigenvalue weighted by atomic mass is 9.93. The Morgan fingerprint density at radius 3 is 2.50 bits per heavy atom. The molecule has 3 aliphatic rings. The summed E-state index contributed by atoms with van der Waals surface area (Å²) in [7, 11) is 0. The molecular formula is C29H31ClF4N2O4. The molecule has 216 valence electrons. The number of amides is 1. The lowest BCUT2D eigenvalue weighted by Crippen LogP contribution is -2.44. The molecule has 2 heterocycles. The average molecular weight is 583 g/mol. The van der Waals surface area contributed by atoms with Crippen LogP contribution in [0.25, 0.3) is 0 Å². The lowest BCUT2D eigenvalue weighted by molar-refractivity contribution is -0.141. The van der Waals surface area contributed by atoms with Gasteiger partial charge in [-0.3, -0.25) is 9.69 Å². The first-order chi connectivity index (χ1) is 18.9. The van der Waals surface area contributed by atoms with Gasteiger partial charge in [-0.05, 0) is 61.8 Å². The molecule has 0 spiro atoms. The van der Waals surface area contributed by atoms with Crippen LogP contribution in [0.15, 0.2) is 24.3 Å². The van der Waals surface area contributed by atoms with Crippen molar-refractivity contribution in [1.82, 2.24) is 9.80 Å². The summed E-state index contributed by atoms with van der Waals surface area (Å²) in [4.78, 5) is 27.3. The SMILES string of the molecule is Cc1cc(Cl)c(F)c(CN2CCC(F)(COc3cc(F)c(C(=O)N4C[C@H](F)C[C@H]4C(=O)O)cc3C3CC3)CC2)c1. The molecule has 0 aromatic heterocycles. The number of benzene rings is 2. The van der Waals surface area contributed by atoms with Gasteiger partial charge in [0.2, 0.25) is 0 Å². The summed E-state index contributed by atoms with van der Waals surface area (Å²) < 4.78 is 65.0. The van der Waals surface area contributed by atoms with Gasteiger partial charge in [0.15, 0.2) is 0 Å². The number of rotatable bonds is 8. The van der Waals surface area contributed by atoms with Crippen molar-refractivity contribution in [2.45, 2.75) is 69.4 Å². The summed E-state index contributed by atoms with van der Waals surface area (Å²) in [6, 6.07) is 4.30. The Morgan fingerprint density at radius 1 is 1.15 bits per heavy atom. The van der Waals surface area contributed by atoms with Crippen molar-refractivity contribution >= 4 is 23.5 Å². The predicted molar refractivity (Wildman–Crippen MR) is 140 cm³/mol. The fourth-order valence-electron chi connectivity index (χ4n) is 5.59. The van der Waals surface area contributed by atoms with E-state index in [1.165, 1.54) is 6.07 Å². The number of carbonyl (C=O) groups is 2. The molecule has 2 aromatic rings. The summed E-state index contributed by atoms with van der Waals surface area (Å²) in [6.45, 7) is 2.15. The molecule has 0 unspecified atom stereocenters. The second-order valence-corrected chi connectivity index (χ2v) is 11.6. The van der Waals surface area contributed by atoms with Crippen molar-refractivity contribution in [2.24, 2.45) is 0 Å². The van der Waals surface area contributed by atoms with E-state index in [2.05, 4.69) is 0 Å². The number of alkyl halides is 2. The molecule has 6 nitrogen and oxygen atoms in total. The number of carbonyl (C=O) groups excluding carboxylic acids is 1. The monoisotopic (exact) mass is 582 g/mol. The van der Waals surface area contributed by atoms with E-state index < -0.39 is 47.9 Å². The van der Waals surface area contributed by atoms with Crippen molar-refractivity contribution in [3.63, 3.8) is 0 Å². The zero-order valence-corrected chi connectivity index (χ0v) is 22.8. The normalized spacial score (nSPS) is 22.9. The highest BCUT2D eigenvalue weighted by Crippen LogP contribution is 2.46. The molecule has 0 bridgehead atoms. The molecule has 1 amide bonds. The molecule has 2 saturated heterocycles. The fourth-order valence-corrected chi connectivity index (χ4v) is 5.88. The Morgan fingerprint density at radius 2 is 1.85 bits per heavy atom.